The van der Waals surface area contributed by atoms with E-state index < -0.39 is 11.6 Å². The highest BCUT2D eigenvalue weighted by Gasteiger charge is 2.29. The van der Waals surface area contributed by atoms with Gasteiger partial charge in [-0.2, -0.15) is 5.26 Å². The monoisotopic (exact) mass is 278 g/mol. The molecular formula is C14H16F2N4. The SMILES string of the molecule is N#Cc1cc(F)c(N2CCN(C3CNC3)CC2)c(F)c1. The van der Waals surface area contributed by atoms with Crippen LogP contribution in [0, 0.1) is 23.0 Å². The summed E-state index contributed by atoms with van der Waals surface area (Å²) < 4.78 is 27.9. The molecule has 0 spiro atoms. The predicted octanol–water partition coefficient (Wildman–Crippen LogP) is 0.930. The normalized spacial score (nSPS) is 20.6. The first-order valence-corrected chi connectivity index (χ1v) is 6.78. The summed E-state index contributed by atoms with van der Waals surface area (Å²) in [5.74, 6) is -1.30. The van der Waals surface area contributed by atoms with E-state index in [1.807, 2.05) is 0 Å². The summed E-state index contributed by atoms with van der Waals surface area (Å²) in [5.41, 5.74) is 0.0123. The van der Waals surface area contributed by atoms with Gasteiger partial charge in [0.1, 0.15) is 5.69 Å². The zero-order valence-electron chi connectivity index (χ0n) is 11.1. The van der Waals surface area contributed by atoms with E-state index in [1.54, 1.807) is 11.0 Å². The lowest BCUT2D eigenvalue weighted by atomic mass is 10.1. The van der Waals surface area contributed by atoms with Crippen molar-refractivity contribution in [3.8, 4) is 6.07 Å². The quantitative estimate of drug-likeness (QED) is 0.874. The third-order valence-corrected chi connectivity index (χ3v) is 4.05. The van der Waals surface area contributed by atoms with Crippen LogP contribution in [0.25, 0.3) is 0 Å². The molecule has 0 amide bonds. The largest absolute Gasteiger partial charge is 0.364 e. The number of nitriles is 1. The number of nitrogens with zero attached hydrogens (tertiary/aromatic N) is 3. The molecule has 4 nitrogen and oxygen atoms in total. The first-order chi connectivity index (χ1) is 9.69. The van der Waals surface area contributed by atoms with Gasteiger partial charge in [-0.1, -0.05) is 0 Å². The van der Waals surface area contributed by atoms with E-state index in [2.05, 4.69) is 10.2 Å². The molecule has 1 aromatic carbocycles. The van der Waals surface area contributed by atoms with Crippen LogP contribution in [0.2, 0.25) is 0 Å². The highest BCUT2D eigenvalue weighted by molar-refractivity contribution is 5.53. The molecule has 3 rings (SSSR count). The van der Waals surface area contributed by atoms with Crippen LogP contribution in [0.5, 0.6) is 0 Å². The summed E-state index contributed by atoms with van der Waals surface area (Å²) >= 11 is 0. The molecule has 2 heterocycles. The highest BCUT2D eigenvalue weighted by atomic mass is 19.1. The number of hydrogen-bond donors (Lipinski definition) is 1. The van der Waals surface area contributed by atoms with Crippen LogP contribution in [-0.4, -0.2) is 50.2 Å². The Kier molecular flexibility index (Phi) is 3.55. The Morgan fingerprint density at radius 1 is 1.10 bits per heavy atom. The summed E-state index contributed by atoms with van der Waals surface area (Å²) in [6.07, 6.45) is 0. The van der Waals surface area contributed by atoms with Gasteiger partial charge in [0.15, 0.2) is 11.6 Å². The molecule has 1 N–H and O–H groups in total. The van der Waals surface area contributed by atoms with E-state index >= 15 is 0 Å². The lowest BCUT2D eigenvalue weighted by molar-refractivity contribution is 0.137. The molecule has 1 aromatic rings. The van der Waals surface area contributed by atoms with Crippen molar-refractivity contribution in [2.24, 2.45) is 0 Å². The van der Waals surface area contributed by atoms with E-state index in [9.17, 15) is 8.78 Å². The molecule has 0 aliphatic carbocycles. The lowest BCUT2D eigenvalue weighted by Gasteiger charge is -2.43. The maximum atomic E-state index is 14.0. The van der Waals surface area contributed by atoms with Crippen LogP contribution in [0.3, 0.4) is 0 Å². The Bertz CT molecular complexity index is 520. The summed E-state index contributed by atoms with van der Waals surface area (Å²) in [6.45, 7) is 4.84. The maximum Gasteiger partial charge on any atom is 0.150 e. The second kappa shape index (κ2) is 5.35. The van der Waals surface area contributed by atoms with Gasteiger partial charge in [-0.3, -0.25) is 4.90 Å². The standard InChI is InChI=1S/C14H16F2N4/c15-12-5-10(7-17)6-13(16)14(12)20-3-1-19(2-4-20)11-8-18-9-11/h5-6,11,18H,1-4,8-9H2. The molecule has 0 unspecified atom stereocenters. The fourth-order valence-corrected chi connectivity index (χ4v) is 2.77. The van der Waals surface area contributed by atoms with Gasteiger partial charge >= 0.3 is 0 Å². The second-order valence-electron chi connectivity index (χ2n) is 5.24. The van der Waals surface area contributed by atoms with Gasteiger partial charge in [0.05, 0.1) is 11.6 Å². The molecule has 20 heavy (non-hydrogen) atoms. The summed E-state index contributed by atoms with van der Waals surface area (Å²) in [4.78, 5) is 4.08. The van der Waals surface area contributed by atoms with E-state index in [1.165, 1.54) is 0 Å². The molecule has 2 saturated heterocycles. The molecular weight excluding hydrogens is 262 g/mol. The maximum absolute atomic E-state index is 14.0. The third kappa shape index (κ3) is 2.35. The van der Waals surface area contributed by atoms with Crippen LogP contribution < -0.4 is 10.2 Å². The third-order valence-electron chi connectivity index (χ3n) is 4.05. The fourth-order valence-electron chi connectivity index (χ4n) is 2.77. The fraction of sp³-hybridized carbons (Fsp3) is 0.500. The zero-order chi connectivity index (χ0) is 14.1. The molecule has 0 aromatic heterocycles. The summed E-state index contributed by atoms with van der Waals surface area (Å²) in [7, 11) is 0. The predicted molar refractivity (Wildman–Crippen MR) is 71.5 cm³/mol. The molecule has 2 fully saturated rings. The Morgan fingerprint density at radius 2 is 1.70 bits per heavy atom. The first-order valence-electron chi connectivity index (χ1n) is 6.78. The molecule has 0 saturated carbocycles. The molecule has 2 aliphatic heterocycles. The second-order valence-corrected chi connectivity index (χ2v) is 5.24. The van der Waals surface area contributed by atoms with Gasteiger partial charge in [-0.25, -0.2) is 8.78 Å². The minimum atomic E-state index is -0.652. The van der Waals surface area contributed by atoms with Crippen LogP contribution in [0.4, 0.5) is 14.5 Å². The van der Waals surface area contributed by atoms with Gasteiger partial charge < -0.3 is 10.2 Å². The van der Waals surface area contributed by atoms with Crippen molar-refractivity contribution in [2.45, 2.75) is 6.04 Å². The first kappa shape index (κ1) is 13.3. The number of halogens is 2. The van der Waals surface area contributed by atoms with Crippen molar-refractivity contribution in [1.82, 2.24) is 10.2 Å². The summed E-state index contributed by atoms with van der Waals surface area (Å²) in [5, 5.41) is 11.9. The minimum Gasteiger partial charge on any atom is -0.364 e. The van der Waals surface area contributed by atoms with Gasteiger partial charge in [0.25, 0.3) is 0 Å². The Morgan fingerprint density at radius 3 is 2.15 bits per heavy atom. The molecule has 0 atom stereocenters. The van der Waals surface area contributed by atoms with E-state index in [-0.39, 0.29) is 11.3 Å². The van der Waals surface area contributed by atoms with Crippen molar-refractivity contribution in [1.29, 1.82) is 5.26 Å². The van der Waals surface area contributed by atoms with Crippen molar-refractivity contribution < 1.29 is 8.78 Å². The molecule has 2 aliphatic rings. The molecule has 106 valence electrons. The molecule has 6 heteroatoms. The molecule has 0 bridgehead atoms. The Balaban J connectivity index is 1.73. The van der Waals surface area contributed by atoms with Gasteiger partial charge in [0, 0.05) is 45.3 Å². The van der Waals surface area contributed by atoms with Crippen molar-refractivity contribution in [3.63, 3.8) is 0 Å². The number of anilines is 1. The Labute approximate surface area is 116 Å². The van der Waals surface area contributed by atoms with Crippen LogP contribution in [-0.2, 0) is 0 Å². The zero-order valence-corrected chi connectivity index (χ0v) is 11.1. The number of hydrogen-bond acceptors (Lipinski definition) is 4. The van der Waals surface area contributed by atoms with Crippen molar-refractivity contribution in [2.75, 3.05) is 44.2 Å². The van der Waals surface area contributed by atoms with E-state index in [0.717, 1.165) is 38.3 Å². The highest BCUT2D eigenvalue weighted by Crippen LogP contribution is 2.26. The van der Waals surface area contributed by atoms with Gasteiger partial charge in [-0.15, -0.1) is 0 Å². The average Bonchev–Trinajstić information content (AvgIpc) is 2.37. The van der Waals surface area contributed by atoms with Crippen LogP contribution >= 0.6 is 0 Å². The van der Waals surface area contributed by atoms with Crippen molar-refractivity contribution >= 4 is 5.69 Å². The van der Waals surface area contributed by atoms with E-state index in [0.29, 0.717) is 19.1 Å². The number of piperazine rings is 1. The number of nitrogens with one attached hydrogen (secondary N) is 1. The van der Waals surface area contributed by atoms with Gasteiger partial charge in [-0.05, 0) is 12.1 Å². The van der Waals surface area contributed by atoms with Crippen molar-refractivity contribution in [3.05, 3.63) is 29.3 Å². The topological polar surface area (TPSA) is 42.3 Å². The smallest absolute Gasteiger partial charge is 0.150 e. The number of rotatable bonds is 2. The molecule has 0 radical (unpaired) electrons. The van der Waals surface area contributed by atoms with Crippen LogP contribution in [0.1, 0.15) is 5.56 Å². The van der Waals surface area contributed by atoms with E-state index in [4.69, 9.17) is 5.26 Å². The minimum absolute atomic E-state index is 0.00427. The lowest BCUT2D eigenvalue weighted by Crippen LogP contribution is -2.61. The average molecular weight is 278 g/mol. The summed E-state index contributed by atoms with van der Waals surface area (Å²) in [6, 6.07) is 4.52. The number of benzene rings is 1. The Hall–Kier alpha value is -1.71. The van der Waals surface area contributed by atoms with Crippen LogP contribution in [0.15, 0.2) is 12.1 Å². The van der Waals surface area contributed by atoms with Gasteiger partial charge in [0.2, 0.25) is 0 Å².